The Kier molecular flexibility index (Phi) is 6.04. The molecule has 1 aliphatic heterocycles. The molecule has 1 aromatic rings. The molecule has 1 atom stereocenters. The molecule has 10 nitrogen and oxygen atoms in total. The predicted octanol–water partition coefficient (Wildman–Crippen LogP) is 0.0983. The summed E-state index contributed by atoms with van der Waals surface area (Å²) in [4.78, 5) is 23.6. The summed E-state index contributed by atoms with van der Waals surface area (Å²) < 4.78 is 37.4. The van der Waals surface area contributed by atoms with Gasteiger partial charge in [-0.05, 0) is 33.6 Å². The van der Waals surface area contributed by atoms with Crippen LogP contribution < -0.4 is 10.0 Å². The molecule has 3 N–H and O–H groups in total. The Hall–Kier alpha value is -1.98. The Bertz CT molecular complexity index is 762. The zero-order chi connectivity index (χ0) is 19.5. The number of aryl methyl sites for hydroxylation is 2. The second-order valence-electron chi connectivity index (χ2n) is 6.45. The summed E-state index contributed by atoms with van der Waals surface area (Å²) >= 11 is 0. The number of nitrogens with one attached hydrogen (secondary N) is 2. The van der Waals surface area contributed by atoms with Crippen molar-refractivity contribution < 1.29 is 32.4 Å². The number of carboxylic acid groups (broad SMARTS) is 1. The summed E-state index contributed by atoms with van der Waals surface area (Å²) in [7, 11) is -4.01. The van der Waals surface area contributed by atoms with E-state index in [1.165, 1.54) is 20.8 Å². The van der Waals surface area contributed by atoms with Gasteiger partial charge in [-0.25, -0.2) is 8.42 Å². The minimum Gasteiger partial charge on any atom is -0.481 e. The Labute approximate surface area is 151 Å². The standard InChI is InChI=1S/C15H23N3O7S/c1-9-13(11(3)25-17-9)26(22,23)18-10(2)14(21)16-15(8-12(19)20)4-6-24-7-5-15/h10,18H,4-8H2,1-3H3,(H,16,21)(H,19,20). The Morgan fingerprint density at radius 3 is 2.42 bits per heavy atom. The van der Waals surface area contributed by atoms with E-state index in [4.69, 9.17) is 14.4 Å². The fourth-order valence-electron chi connectivity index (χ4n) is 2.97. The van der Waals surface area contributed by atoms with Crippen LogP contribution in [0.1, 0.15) is 37.6 Å². The minimum absolute atomic E-state index is 0.108. The first kappa shape index (κ1) is 20.3. The lowest BCUT2D eigenvalue weighted by Crippen LogP contribution is -2.57. The van der Waals surface area contributed by atoms with Crippen LogP contribution in [0.4, 0.5) is 0 Å². The smallest absolute Gasteiger partial charge is 0.305 e. The number of sulfonamides is 1. The Morgan fingerprint density at radius 1 is 1.31 bits per heavy atom. The van der Waals surface area contributed by atoms with Gasteiger partial charge in [0, 0.05) is 13.2 Å². The third-order valence-corrected chi connectivity index (χ3v) is 6.07. The fourth-order valence-corrected chi connectivity index (χ4v) is 4.50. The van der Waals surface area contributed by atoms with Crippen molar-refractivity contribution in [2.24, 2.45) is 0 Å². The number of aliphatic carboxylic acids is 1. The third kappa shape index (κ3) is 4.59. The second kappa shape index (κ2) is 7.72. The maximum atomic E-state index is 12.5. The highest BCUT2D eigenvalue weighted by Gasteiger charge is 2.38. The van der Waals surface area contributed by atoms with Crippen LogP contribution in [0.3, 0.4) is 0 Å². The first-order valence-corrected chi connectivity index (χ1v) is 9.61. The summed E-state index contributed by atoms with van der Waals surface area (Å²) in [6, 6.07) is -1.11. The van der Waals surface area contributed by atoms with Crippen LogP contribution in [-0.2, 0) is 24.3 Å². The van der Waals surface area contributed by atoms with E-state index in [0.717, 1.165) is 0 Å². The maximum absolute atomic E-state index is 12.5. The van der Waals surface area contributed by atoms with Gasteiger partial charge in [0.2, 0.25) is 15.9 Å². The molecule has 1 amide bonds. The normalized spacial score (nSPS) is 18.3. The first-order valence-electron chi connectivity index (χ1n) is 8.13. The van der Waals surface area contributed by atoms with E-state index in [9.17, 15) is 18.0 Å². The third-order valence-electron chi connectivity index (χ3n) is 4.29. The van der Waals surface area contributed by atoms with Gasteiger partial charge in [-0.1, -0.05) is 5.16 Å². The molecule has 0 spiro atoms. The van der Waals surface area contributed by atoms with Gasteiger partial charge in [0.05, 0.1) is 18.0 Å². The number of aromatic nitrogens is 1. The summed E-state index contributed by atoms with van der Waals surface area (Å²) in [6.07, 6.45) is 0.425. The highest BCUT2D eigenvalue weighted by molar-refractivity contribution is 7.89. The van der Waals surface area contributed by atoms with Crippen molar-refractivity contribution in [3.8, 4) is 0 Å². The molecule has 0 saturated carbocycles. The Morgan fingerprint density at radius 2 is 1.92 bits per heavy atom. The van der Waals surface area contributed by atoms with E-state index in [1.54, 1.807) is 0 Å². The number of carbonyl (C=O) groups is 2. The van der Waals surface area contributed by atoms with E-state index in [2.05, 4.69) is 15.2 Å². The molecule has 26 heavy (non-hydrogen) atoms. The molecule has 1 aromatic heterocycles. The number of rotatable bonds is 7. The lowest BCUT2D eigenvalue weighted by molar-refractivity contribution is -0.140. The fraction of sp³-hybridized carbons (Fsp3) is 0.667. The number of amides is 1. The van der Waals surface area contributed by atoms with E-state index < -0.39 is 33.5 Å². The van der Waals surface area contributed by atoms with E-state index in [-0.39, 0.29) is 22.8 Å². The van der Waals surface area contributed by atoms with Crippen molar-refractivity contribution in [2.45, 2.75) is 56.5 Å². The van der Waals surface area contributed by atoms with Gasteiger partial charge in [0.15, 0.2) is 5.76 Å². The second-order valence-corrected chi connectivity index (χ2v) is 8.10. The SMILES string of the molecule is Cc1noc(C)c1S(=O)(=O)NC(C)C(=O)NC1(CC(=O)O)CCOCC1. The van der Waals surface area contributed by atoms with Crippen LogP contribution >= 0.6 is 0 Å². The minimum atomic E-state index is -4.01. The molecular weight excluding hydrogens is 366 g/mol. The van der Waals surface area contributed by atoms with Crippen molar-refractivity contribution in [1.82, 2.24) is 15.2 Å². The van der Waals surface area contributed by atoms with Crippen molar-refractivity contribution in [2.75, 3.05) is 13.2 Å². The van der Waals surface area contributed by atoms with Crippen LogP contribution in [0.5, 0.6) is 0 Å². The molecule has 146 valence electrons. The average molecular weight is 389 g/mol. The van der Waals surface area contributed by atoms with Gasteiger partial charge in [-0.2, -0.15) is 4.72 Å². The molecule has 1 aliphatic rings. The summed E-state index contributed by atoms with van der Waals surface area (Å²) in [6.45, 7) is 4.99. The zero-order valence-electron chi connectivity index (χ0n) is 14.9. The first-order chi connectivity index (χ1) is 12.1. The van der Waals surface area contributed by atoms with Crippen molar-refractivity contribution in [1.29, 1.82) is 0 Å². The van der Waals surface area contributed by atoms with Gasteiger partial charge in [0.25, 0.3) is 0 Å². The van der Waals surface area contributed by atoms with Gasteiger partial charge >= 0.3 is 5.97 Å². The number of nitrogens with zero attached hydrogens (tertiary/aromatic N) is 1. The summed E-state index contributed by atoms with van der Waals surface area (Å²) in [5, 5.41) is 15.4. The van der Waals surface area contributed by atoms with E-state index in [0.29, 0.717) is 26.1 Å². The van der Waals surface area contributed by atoms with Gasteiger partial charge < -0.3 is 19.7 Å². The topological polar surface area (TPSA) is 148 Å². The van der Waals surface area contributed by atoms with Gasteiger partial charge in [0.1, 0.15) is 10.6 Å². The monoisotopic (exact) mass is 389 g/mol. The highest BCUT2D eigenvalue weighted by atomic mass is 32.2. The van der Waals surface area contributed by atoms with Crippen LogP contribution in [0, 0.1) is 13.8 Å². The van der Waals surface area contributed by atoms with E-state index >= 15 is 0 Å². The van der Waals surface area contributed by atoms with Crippen LogP contribution in [-0.4, -0.2) is 55.4 Å². The maximum Gasteiger partial charge on any atom is 0.305 e. The quantitative estimate of drug-likeness (QED) is 0.595. The van der Waals surface area contributed by atoms with Gasteiger partial charge in [-0.3, -0.25) is 9.59 Å². The molecule has 1 unspecified atom stereocenters. The van der Waals surface area contributed by atoms with Crippen LogP contribution in [0.15, 0.2) is 9.42 Å². The van der Waals surface area contributed by atoms with E-state index in [1.807, 2.05) is 0 Å². The molecule has 2 heterocycles. The zero-order valence-corrected chi connectivity index (χ0v) is 15.7. The molecule has 11 heteroatoms. The molecule has 0 aromatic carbocycles. The van der Waals surface area contributed by atoms with Crippen molar-refractivity contribution in [3.63, 3.8) is 0 Å². The Balaban J connectivity index is 2.12. The number of hydrogen-bond acceptors (Lipinski definition) is 7. The number of carbonyl (C=O) groups excluding carboxylic acids is 1. The van der Waals surface area contributed by atoms with Crippen molar-refractivity contribution >= 4 is 21.9 Å². The highest BCUT2D eigenvalue weighted by Crippen LogP contribution is 2.25. The van der Waals surface area contributed by atoms with Crippen LogP contribution in [0.2, 0.25) is 0 Å². The molecule has 1 saturated heterocycles. The van der Waals surface area contributed by atoms with Crippen LogP contribution in [0.25, 0.3) is 0 Å². The van der Waals surface area contributed by atoms with Crippen molar-refractivity contribution in [3.05, 3.63) is 11.5 Å². The molecule has 0 radical (unpaired) electrons. The molecule has 0 bridgehead atoms. The molecule has 0 aliphatic carbocycles. The predicted molar refractivity (Wildman–Crippen MR) is 88.9 cm³/mol. The largest absolute Gasteiger partial charge is 0.481 e. The average Bonchev–Trinajstić information content (AvgIpc) is 2.86. The summed E-state index contributed by atoms with van der Waals surface area (Å²) in [5.74, 6) is -1.53. The number of ether oxygens (including phenoxy) is 1. The lowest BCUT2D eigenvalue weighted by atomic mass is 9.86. The lowest BCUT2D eigenvalue weighted by Gasteiger charge is -2.37. The molecular formula is C15H23N3O7S. The number of carboxylic acids is 1. The number of hydrogen-bond donors (Lipinski definition) is 3. The van der Waals surface area contributed by atoms with Gasteiger partial charge in [-0.15, -0.1) is 0 Å². The molecule has 2 rings (SSSR count). The summed E-state index contributed by atoms with van der Waals surface area (Å²) in [5.41, 5.74) is -0.765. The molecule has 1 fully saturated rings.